The van der Waals surface area contributed by atoms with E-state index in [0.29, 0.717) is 0 Å². The van der Waals surface area contributed by atoms with Crippen LogP contribution in [0.15, 0.2) is 4.66 Å². The van der Waals surface area contributed by atoms with Crippen LogP contribution >= 0.6 is 0 Å². The molecule has 90 valence electrons. The molecule has 0 bridgehead atoms. The van der Waals surface area contributed by atoms with E-state index in [0.717, 1.165) is 0 Å². The second-order valence-electron chi connectivity index (χ2n) is 5.30. The summed E-state index contributed by atoms with van der Waals surface area (Å²) >= 11 is 0. The van der Waals surface area contributed by atoms with E-state index in [1.807, 2.05) is 0 Å². The predicted octanol–water partition coefficient (Wildman–Crippen LogP) is 3.63. The van der Waals surface area contributed by atoms with Crippen LogP contribution in [0.3, 0.4) is 0 Å². The van der Waals surface area contributed by atoms with E-state index in [-0.39, 0.29) is 0 Å². The molecule has 0 spiro atoms. The number of rotatable bonds is 2. The fourth-order valence-corrected chi connectivity index (χ4v) is 2.35. The van der Waals surface area contributed by atoms with Crippen LogP contribution in [-0.2, 0) is 4.43 Å². The third-order valence-corrected chi connectivity index (χ3v) is 2.76. The van der Waals surface area contributed by atoms with Gasteiger partial charge >= 0.3 is 6.18 Å². The van der Waals surface area contributed by atoms with Gasteiger partial charge in [-0.25, -0.2) is 0 Å². The largest absolute Gasteiger partial charge is 0.529 e. The average Bonchev–Trinajstić information content (AvgIpc) is 1.75. The maximum atomic E-state index is 12.6. The fraction of sp³-hybridized carbons (Fsp3) is 0.875. The van der Waals surface area contributed by atoms with Gasteiger partial charge < -0.3 is 4.43 Å². The lowest BCUT2D eigenvalue weighted by atomic mass is 10.7. The lowest BCUT2D eigenvalue weighted by Crippen LogP contribution is -2.39. The number of halogens is 3. The summed E-state index contributed by atoms with van der Waals surface area (Å²) in [5.41, 5.74) is 0. The monoisotopic (exact) mass is 257 g/mol. The van der Waals surface area contributed by atoms with Crippen molar-refractivity contribution in [3.8, 4) is 0 Å². The molecule has 0 atom stereocenters. The van der Waals surface area contributed by atoms with Crippen molar-refractivity contribution in [1.82, 2.24) is 0 Å². The van der Waals surface area contributed by atoms with Crippen LogP contribution in [0.2, 0.25) is 39.3 Å². The SMILES string of the molecule is C[Si](C)(C)/N=C(\O[Si](C)(C)C)C(F)(F)F. The molecule has 7 heteroatoms. The summed E-state index contributed by atoms with van der Waals surface area (Å²) in [5, 5.41) is 0. The molecule has 0 heterocycles. The summed E-state index contributed by atoms with van der Waals surface area (Å²) in [5.74, 6) is -1.04. The second kappa shape index (κ2) is 4.28. The normalized spacial score (nSPS) is 15.4. The van der Waals surface area contributed by atoms with Gasteiger partial charge in [0.05, 0.1) is 0 Å². The van der Waals surface area contributed by atoms with Gasteiger partial charge in [0.15, 0.2) is 8.24 Å². The highest BCUT2D eigenvalue weighted by molar-refractivity contribution is 6.76. The Morgan fingerprint density at radius 2 is 1.40 bits per heavy atom. The summed E-state index contributed by atoms with van der Waals surface area (Å²) < 4.78 is 46.4. The lowest BCUT2D eigenvalue weighted by molar-refractivity contribution is -0.0713. The summed E-state index contributed by atoms with van der Waals surface area (Å²) in [6.45, 7) is 10.3. The third kappa shape index (κ3) is 7.60. The minimum Gasteiger partial charge on any atom is -0.529 e. The van der Waals surface area contributed by atoms with Crippen LogP contribution in [0.4, 0.5) is 13.2 Å². The first-order chi connectivity index (χ1) is 6.31. The summed E-state index contributed by atoms with van der Waals surface area (Å²) in [7, 11) is -4.42. The number of alkyl halides is 3. The molecule has 0 aromatic carbocycles. The molecule has 2 nitrogen and oxygen atoms in total. The Labute approximate surface area is 90.8 Å². The van der Waals surface area contributed by atoms with E-state index in [4.69, 9.17) is 4.43 Å². The number of nitrogens with zero attached hydrogens (tertiary/aromatic N) is 1. The van der Waals surface area contributed by atoms with Gasteiger partial charge in [0, 0.05) is 0 Å². The molecular formula is C8H18F3NOSi2. The van der Waals surface area contributed by atoms with Crippen molar-refractivity contribution in [3.05, 3.63) is 0 Å². The molecule has 0 fully saturated rings. The minimum atomic E-state index is -4.47. The van der Waals surface area contributed by atoms with Crippen LogP contribution in [0, 0.1) is 0 Å². The Kier molecular flexibility index (Phi) is 4.20. The zero-order chi connectivity index (χ0) is 12.5. The Bertz CT molecular complexity index is 250. The van der Waals surface area contributed by atoms with Gasteiger partial charge in [0.2, 0.25) is 8.32 Å². The molecule has 0 radical (unpaired) electrons. The lowest BCUT2D eigenvalue weighted by Gasteiger charge is -2.24. The maximum Gasteiger partial charge on any atom is 0.465 e. The third-order valence-electron chi connectivity index (χ3n) is 1.08. The van der Waals surface area contributed by atoms with E-state index in [1.54, 1.807) is 39.3 Å². The van der Waals surface area contributed by atoms with Crippen LogP contribution in [0.25, 0.3) is 0 Å². The van der Waals surface area contributed by atoms with Crippen LogP contribution < -0.4 is 0 Å². The maximum absolute atomic E-state index is 12.6. The molecule has 0 aliphatic heterocycles. The Morgan fingerprint density at radius 3 is 1.60 bits per heavy atom. The van der Waals surface area contributed by atoms with E-state index in [9.17, 15) is 13.2 Å². The van der Waals surface area contributed by atoms with Crippen molar-refractivity contribution >= 4 is 22.5 Å². The molecule has 0 saturated heterocycles. The first kappa shape index (κ1) is 14.7. The van der Waals surface area contributed by atoms with Gasteiger partial charge in [-0.05, 0) is 39.3 Å². The molecule has 0 rings (SSSR count). The van der Waals surface area contributed by atoms with Gasteiger partial charge in [-0.2, -0.15) is 13.2 Å². The number of hydrogen-bond donors (Lipinski definition) is 0. The molecule has 0 aliphatic carbocycles. The Hall–Kier alpha value is -0.306. The van der Waals surface area contributed by atoms with Crippen LogP contribution in [0.1, 0.15) is 0 Å². The summed E-state index contributed by atoms with van der Waals surface area (Å²) in [6.07, 6.45) is -4.47. The van der Waals surface area contributed by atoms with E-state index >= 15 is 0 Å². The standard InChI is InChI=1S/C8H18F3NOSi2/c1-14(2,3)12-7(8(9,10)11)13-15(4,5)6/h1-6H3/b12-7-. The van der Waals surface area contributed by atoms with Gasteiger partial charge in [0.1, 0.15) is 0 Å². The molecule has 0 amide bonds. The van der Waals surface area contributed by atoms with Crippen molar-refractivity contribution in [1.29, 1.82) is 0 Å². The first-order valence-corrected chi connectivity index (χ1v) is 11.5. The summed E-state index contributed by atoms with van der Waals surface area (Å²) in [4.78, 5) is 0. The molecule has 0 aromatic rings. The molecule has 0 N–H and O–H groups in total. The molecular weight excluding hydrogens is 239 g/mol. The molecule has 15 heavy (non-hydrogen) atoms. The smallest absolute Gasteiger partial charge is 0.465 e. The summed E-state index contributed by atoms with van der Waals surface area (Å²) in [6, 6.07) is 0. The van der Waals surface area contributed by atoms with Gasteiger partial charge in [0.25, 0.3) is 5.90 Å². The second-order valence-corrected chi connectivity index (χ2v) is 14.3. The van der Waals surface area contributed by atoms with Gasteiger partial charge in [-0.1, -0.05) is 0 Å². The van der Waals surface area contributed by atoms with Crippen molar-refractivity contribution in [2.45, 2.75) is 45.5 Å². The molecule has 0 saturated carbocycles. The molecule has 0 aliphatic rings. The highest BCUT2D eigenvalue weighted by atomic mass is 28.4. The Morgan fingerprint density at radius 1 is 1.00 bits per heavy atom. The van der Waals surface area contributed by atoms with Crippen molar-refractivity contribution in [2.75, 3.05) is 0 Å². The molecule has 0 unspecified atom stereocenters. The topological polar surface area (TPSA) is 21.6 Å². The van der Waals surface area contributed by atoms with Crippen molar-refractivity contribution < 1.29 is 17.6 Å². The Balaban J connectivity index is 5.02. The minimum absolute atomic E-state index is 1.04. The molecule has 0 aromatic heterocycles. The van der Waals surface area contributed by atoms with Crippen molar-refractivity contribution in [2.24, 2.45) is 4.66 Å². The zero-order valence-electron chi connectivity index (χ0n) is 9.99. The zero-order valence-corrected chi connectivity index (χ0v) is 12.0. The van der Waals surface area contributed by atoms with E-state index in [2.05, 4.69) is 4.66 Å². The van der Waals surface area contributed by atoms with Crippen molar-refractivity contribution in [3.63, 3.8) is 0 Å². The number of hydrogen-bond acceptors (Lipinski definition) is 2. The van der Waals surface area contributed by atoms with E-state index in [1.165, 1.54) is 0 Å². The average molecular weight is 257 g/mol. The van der Waals surface area contributed by atoms with E-state index < -0.39 is 28.6 Å². The van der Waals surface area contributed by atoms with Gasteiger partial charge in [-0.3, -0.25) is 4.66 Å². The highest BCUT2D eigenvalue weighted by Crippen LogP contribution is 2.23. The predicted molar refractivity (Wildman–Crippen MR) is 61.3 cm³/mol. The van der Waals surface area contributed by atoms with Crippen LogP contribution in [-0.4, -0.2) is 28.6 Å². The highest BCUT2D eigenvalue weighted by Gasteiger charge is 2.41. The first-order valence-electron chi connectivity index (χ1n) is 4.67. The fourth-order valence-electron chi connectivity index (χ4n) is 0.739. The van der Waals surface area contributed by atoms with Gasteiger partial charge in [-0.15, -0.1) is 0 Å². The quantitative estimate of drug-likeness (QED) is 0.420. The van der Waals surface area contributed by atoms with Crippen LogP contribution in [0.5, 0.6) is 0 Å².